The Balaban J connectivity index is 1.62. The van der Waals surface area contributed by atoms with Crippen LogP contribution in [0.1, 0.15) is 6.42 Å². The molecule has 0 unspecified atom stereocenters. The minimum Gasteiger partial charge on any atom is -0.495 e. The normalized spacial score (nSPS) is 17.3. The number of nitrogens with zero attached hydrogens (tertiary/aromatic N) is 3. The number of rotatable bonds is 7. The van der Waals surface area contributed by atoms with Crippen LogP contribution in [0.5, 0.6) is 11.5 Å². The van der Waals surface area contributed by atoms with Crippen molar-refractivity contribution in [3.8, 4) is 22.6 Å². The van der Waals surface area contributed by atoms with E-state index in [4.69, 9.17) is 32.7 Å². The van der Waals surface area contributed by atoms with Crippen molar-refractivity contribution in [3.63, 3.8) is 0 Å². The molecular weight excluding hydrogens is 495 g/mol. The van der Waals surface area contributed by atoms with Gasteiger partial charge in [-0.25, -0.2) is 14.8 Å². The number of carboxylic acids is 1. The lowest BCUT2D eigenvalue weighted by molar-refractivity contribution is -0.146. The third-order valence-corrected chi connectivity index (χ3v) is 6.57. The number of methoxy groups -OCH3 is 2. The molecule has 0 bridgehead atoms. The number of amides is 1. The zero-order chi connectivity index (χ0) is 25.3. The van der Waals surface area contributed by atoms with Gasteiger partial charge in [0.1, 0.15) is 17.5 Å². The van der Waals surface area contributed by atoms with Crippen LogP contribution in [0.2, 0.25) is 10.0 Å². The van der Waals surface area contributed by atoms with E-state index in [9.17, 15) is 14.7 Å². The molecule has 1 aromatic heterocycles. The molecule has 0 spiro atoms. The van der Waals surface area contributed by atoms with Crippen molar-refractivity contribution in [2.45, 2.75) is 18.5 Å². The van der Waals surface area contributed by atoms with Crippen LogP contribution >= 0.6 is 23.2 Å². The van der Waals surface area contributed by atoms with Crippen molar-refractivity contribution < 1.29 is 24.2 Å². The highest BCUT2D eigenvalue weighted by Gasteiger charge is 2.39. The van der Waals surface area contributed by atoms with E-state index in [0.717, 1.165) is 17.0 Å². The van der Waals surface area contributed by atoms with E-state index in [1.54, 1.807) is 18.3 Å². The van der Waals surface area contributed by atoms with E-state index in [2.05, 4.69) is 21.9 Å². The van der Waals surface area contributed by atoms with Gasteiger partial charge in [-0.2, -0.15) is 0 Å². The van der Waals surface area contributed by atoms with Gasteiger partial charge in [-0.1, -0.05) is 35.8 Å². The predicted molar refractivity (Wildman–Crippen MR) is 133 cm³/mol. The molecular formula is C24H22Cl2N4O5. The summed E-state index contributed by atoms with van der Waals surface area (Å²) < 4.78 is 10.7. The van der Waals surface area contributed by atoms with Crippen molar-refractivity contribution >= 4 is 51.9 Å². The monoisotopic (exact) mass is 516 g/mol. The summed E-state index contributed by atoms with van der Waals surface area (Å²) in [6.45, 7) is 3.65. The first kappa shape index (κ1) is 24.6. The second-order valence-corrected chi connectivity index (χ2v) is 8.63. The number of benzene rings is 2. The number of hydrogen-bond donors (Lipinski definition) is 2. The molecule has 182 valence electrons. The molecule has 35 heavy (non-hydrogen) atoms. The maximum atomic E-state index is 12.0. The van der Waals surface area contributed by atoms with Gasteiger partial charge >= 0.3 is 5.97 Å². The molecule has 0 aliphatic carbocycles. The molecule has 3 aromatic rings. The molecule has 1 fully saturated rings. The van der Waals surface area contributed by atoms with Crippen LogP contribution in [0.4, 0.5) is 5.95 Å². The molecule has 1 saturated heterocycles. The second-order valence-electron chi connectivity index (χ2n) is 7.88. The Bertz CT molecular complexity index is 1300. The number of likely N-dealkylation sites (tertiary alicyclic amines) is 1. The Labute approximate surface area is 211 Å². The van der Waals surface area contributed by atoms with Gasteiger partial charge < -0.3 is 24.8 Å². The van der Waals surface area contributed by atoms with Crippen molar-refractivity contribution in [1.29, 1.82) is 0 Å². The number of ether oxygens (including phenoxy) is 2. The molecule has 2 heterocycles. The van der Waals surface area contributed by atoms with E-state index in [-0.39, 0.29) is 19.0 Å². The van der Waals surface area contributed by atoms with E-state index >= 15 is 0 Å². The van der Waals surface area contributed by atoms with Crippen LogP contribution in [-0.4, -0.2) is 64.7 Å². The molecule has 11 heteroatoms. The lowest BCUT2D eigenvalue weighted by atomic mass is 10.0. The van der Waals surface area contributed by atoms with E-state index < -0.39 is 17.9 Å². The molecule has 2 N–H and O–H groups in total. The summed E-state index contributed by atoms with van der Waals surface area (Å²) in [5, 5.41) is 14.0. The average molecular weight is 517 g/mol. The number of aliphatic carboxylic acids is 1. The predicted octanol–water partition coefficient (Wildman–Crippen LogP) is 4.27. The van der Waals surface area contributed by atoms with Crippen LogP contribution in [0.15, 0.2) is 43.1 Å². The quantitative estimate of drug-likeness (QED) is 0.447. The van der Waals surface area contributed by atoms with Gasteiger partial charge in [0.25, 0.3) is 0 Å². The minimum atomic E-state index is -1.07. The maximum Gasteiger partial charge on any atom is 0.326 e. The Morgan fingerprint density at radius 2 is 1.89 bits per heavy atom. The van der Waals surface area contributed by atoms with Gasteiger partial charge in [-0.05, 0) is 23.8 Å². The fourth-order valence-electron chi connectivity index (χ4n) is 4.12. The number of halogens is 2. The highest BCUT2D eigenvalue weighted by Crippen LogP contribution is 2.46. The highest BCUT2D eigenvalue weighted by atomic mass is 35.5. The lowest BCUT2D eigenvalue weighted by Crippen LogP contribution is -2.39. The number of carbonyl (C=O) groups is 2. The molecule has 9 nitrogen and oxygen atoms in total. The van der Waals surface area contributed by atoms with Crippen molar-refractivity contribution in [1.82, 2.24) is 14.9 Å². The second kappa shape index (κ2) is 9.97. The zero-order valence-electron chi connectivity index (χ0n) is 18.9. The fourth-order valence-corrected chi connectivity index (χ4v) is 4.83. The van der Waals surface area contributed by atoms with Crippen LogP contribution in [0.3, 0.4) is 0 Å². The number of carbonyl (C=O) groups excluding carboxylic acids is 1. The summed E-state index contributed by atoms with van der Waals surface area (Å²) in [5.74, 6) is -0.312. The van der Waals surface area contributed by atoms with Gasteiger partial charge in [0.2, 0.25) is 11.9 Å². The number of anilines is 1. The molecule has 0 radical (unpaired) electrons. The summed E-state index contributed by atoms with van der Waals surface area (Å²) in [5.41, 5.74) is 1.94. The summed E-state index contributed by atoms with van der Waals surface area (Å²) >= 11 is 13.1. The number of aromatic nitrogens is 2. The SMILES string of the molecule is C=CC(=O)N1C[C@@H](Nc2ncc3cc(-c4c(Cl)c(OC)cc(OC)c4Cl)ccc3n2)C[C@H]1C(=O)O. The average Bonchev–Trinajstić information content (AvgIpc) is 3.28. The summed E-state index contributed by atoms with van der Waals surface area (Å²) in [4.78, 5) is 33.8. The minimum absolute atomic E-state index is 0.205. The Morgan fingerprint density at radius 3 is 2.49 bits per heavy atom. The Morgan fingerprint density at radius 1 is 1.20 bits per heavy atom. The summed E-state index contributed by atoms with van der Waals surface area (Å²) in [6, 6.07) is 5.85. The zero-order valence-corrected chi connectivity index (χ0v) is 20.4. The first-order chi connectivity index (χ1) is 16.8. The molecule has 4 rings (SSSR count). The maximum absolute atomic E-state index is 12.0. The topological polar surface area (TPSA) is 114 Å². The van der Waals surface area contributed by atoms with Gasteiger partial charge in [0, 0.05) is 42.2 Å². The standard InChI is InChI=1S/C24H22Cl2N4O5/c1-4-19(31)30-11-14(8-16(30)23(32)33)28-24-27-10-13-7-12(5-6-15(13)29-24)20-21(25)17(34-2)9-18(35-3)22(20)26/h4-7,9-10,14,16H,1,8,11H2,2-3H3,(H,32,33)(H,27,28,29)/t14-,16-/m0/s1. The van der Waals surface area contributed by atoms with Crippen LogP contribution < -0.4 is 14.8 Å². The first-order valence-electron chi connectivity index (χ1n) is 10.6. The molecule has 0 saturated carbocycles. The van der Waals surface area contributed by atoms with Gasteiger partial charge in [-0.15, -0.1) is 0 Å². The Kier molecular flexibility index (Phi) is 7.00. The van der Waals surface area contributed by atoms with Gasteiger partial charge in [0.15, 0.2) is 0 Å². The van der Waals surface area contributed by atoms with Gasteiger partial charge in [-0.3, -0.25) is 4.79 Å². The molecule has 1 aliphatic rings. The smallest absolute Gasteiger partial charge is 0.326 e. The third-order valence-electron chi connectivity index (χ3n) is 5.82. The van der Waals surface area contributed by atoms with Crippen LogP contribution in [-0.2, 0) is 9.59 Å². The van der Waals surface area contributed by atoms with Crippen LogP contribution in [0, 0.1) is 0 Å². The molecule has 1 amide bonds. The number of carboxylic acid groups (broad SMARTS) is 1. The number of fused-ring (bicyclic) bond motifs is 1. The van der Waals surface area contributed by atoms with E-state index in [1.807, 2.05) is 12.1 Å². The molecule has 1 aliphatic heterocycles. The fraction of sp³-hybridized carbons (Fsp3) is 0.250. The largest absolute Gasteiger partial charge is 0.495 e. The van der Waals surface area contributed by atoms with E-state index in [1.165, 1.54) is 19.1 Å². The Hall–Kier alpha value is -3.56. The molecule has 2 aromatic carbocycles. The summed E-state index contributed by atoms with van der Waals surface area (Å²) in [7, 11) is 3.02. The molecule has 2 atom stereocenters. The number of nitrogens with one attached hydrogen (secondary N) is 1. The summed E-state index contributed by atoms with van der Waals surface area (Å²) in [6.07, 6.45) is 2.98. The van der Waals surface area contributed by atoms with Crippen molar-refractivity contribution in [2.24, 2.45) is 0 Å². The lowest BCUT2D eigenvalue weighted by Gasteiger charge is -2.19. The number of hydrogen-bond acceptors (Lipinski definition) is 7. The first-order valence-corrected chi connectivity index (χ1v) is 11.3. The highest BCUT2D eigenvalue weighted by molar-refractivity contribution is 6.41. The van der Waals surface area contributed by atoms with E-state index in [0.29, 0.717) is 38.6 Å². The van der Waals surface area contributed by atoms with Crippen molar-refractivity contribution in [3.05, 3.63) is 53.2 Å². The van der Waals surface area contributed by atoms with Gasteiger partial charge in [0.05, 0.1) is 29.8 Å². The van der Waals surface area contributed by atoms with Crippen LogP contribution in [0.25, 0.3) is 22.0 Å². The third kappa shape index (κ3) is 4.69. The van der Waals surface area contributed by atoms with Crippen molar-refractivity contribution in [2.75, 3.05) is 26.1 Å².